The molecule has 0 radical (unpaired) electrons. The molecule has 12 nitrogen and oxygen atoms in total. The van der Waals surface area contributed by atoms with Gasteiger partial charge in [-0.05, 0) is 47.9 Å². The van der Waals surface area contributed by atoms with Crippen LogP contribution >= 0.6 is 11.6 Å². The number of ether oxygens (including phenoxy) is 6. The van der Waals surface area contributed by atoms with E-state index in [-0.39, 0.29) is 58.9 Å². The van der Waals surface area contributed by atoms with E-state index in [0.29, 0.717) is 30.0 Å². The maximum atomic E-state index is 14.4. The lowest BCUT2D eigenvalue weighted by Crippen LogP contribution is -2.53. The number of ketones is 2. The molecule has 2 aliphatic heterocycles. The Hall–Kier alpha value is -5.36. The molecule has 1 amide bonds. The van der Waals surface area contributed by atoms with Crippen molar-refractivity contribution >= 4 is 40.0 Å². The maximum Gasteiger partial charge on any atom is 0.231 e. The van der Waals surface area contributed by atoms with Crippen LogP contribution in [0.4, 0.5) is 0 Å². The second kappa shape index (κ2) is 12.8. The lowest BCUT2D eigenvalue weighted by Gasteiger charge is -2.38. The third-order valence-electron chi connectivity index (χ3n) is 9.74. The predicted molar refractivity (Wildman–Crippen MR) is 182 cm³/mol. The SMILES string of the molecule is COc1ccc2[nH]cc(CCNC(=O)CC(C3=C(O)C4(Oc5c(Cl)c(OC)cc(OC)c5C4=O)C(C)CC3=O)c3ccc4c(c3)OCO4)c2c1. The number of carbonyl (C=O) groups excluding carboxylic acids is 3. The number of aliphatic hydroxyl groups is 1. The Morgan fingerprint density at radius 2 is 1.84 bits per heavy atom. The van der Waals surface area contributed by atoms with Gasteiger partial charge in [0.15, 0.2) is 28.8 Å². The molecule has 3 N–H and O–H groups in total. The van der Waals surface area contributed by atoms with Crippen LogP contribution in [-0.4, -0.2) is 67.8 Å². The minimum Gasteiger partial charge on any atom is -0.507 e. The molecule has 1 spiro atoms. The Morgan fingerprint density at radius 3 is 2.60 bits per heavy atom. The average molecular weight is 703 g/mol. The molecule has 260 valence electrons. The van der Waals surface area contributed by atoms with Crippen LogP contribution in [-0.2, 0) is 16.0 Å². The molecule has 3 unspecified atom stereocenters. The van der Waals surface area contributed by atoms with E-state index in [2.05, 4.69) is 10.3 Å². The van der Waals surface area contributed by atoms with Crippen LogP contribution < -0.4 is 33.7 Å². The predicted octanol–water partition coefficient (Wildman–Crippen LogP) is 5.84. The van der Waals surface area contributed by atoms with Crippen molar-refractivity contribution in [3.8, 4) is 34.5 Å². The standard InChI is InChI=1S/C37H35ClN2O10/c1-18-11-25(41)31(35(43)37(18)36(44)32-28(46-3)15-29(47-4)33(38)34(32)50-37)23(19-5-8-26-27(12-19)49-17-48-26)14-30(42)39-10-9-20-16-40-24-7-6-21(45-2)13-22(20)24/h5-8,12-13,15-16,18,23,40,43H,9-11,14,17H2,1-4H3,(H,39,42). The first-order valence-electron chi connectivity index (χ1n) is 16.1. The van der Waals surface area contributed by atoms with Crippen molar-refractivity contribution < 1.29 is 47.9 Å². The van der Waals surface area contributed by atoms with Gasteiger partial charge in [-0.3, -0.25) is 14.4 Å². The summed E-state index contributed by atoms with van der Waals surface area (Å²) >= 11 is 6.62. The maximum absolute atomic E-state index is 14.4. The number of methoxy groups -OCH3 is 3. The van der Waals surface area contributed by atoms with Crippen molar-refractivity contribution in [2.75, 3.05) is 34.7 Å². The second-order valence-corrected chi connectivity index (χ2v) is 12.8. The van der Waals surface area contributed by atoms with Crippen LogP contribution in [0.15, 0.2) is 60.0 Å². The summed E-state index contributed by atoms with van der Waals surface area (Å²) < 4.78 is 33.7. The zero-order valence-corrected chi connectivity index (χ0v) is 28.6. The largest absolute Gasteiger partial charge is 0.507 e. The first-order valence-corrected chi connectivity index (χ1v) is 16.4. The van der Waals surface area contributed by atoms with E-state index < -0.39 is 34.8 Å². The van der Waals surface area contributed by atoms with Gasteiger partial charge in [0.05, 0.1) is 21.3 Å². The third-order valence-corrected chi connectivity index (χ3v) is 10.1. The Bertz CT molecular complexity index is 2090. The number of carbonyl (C=O) groups is 3. The number of nitrogens with one attached hydrogen (secondary N) is 2. The number of aliphatic hydroxyl groups excluding tert-OH is 1. The average Bonchev–Trinajstić information content (AvgIpc) is 3.83. The number of Topliss-reactive ketones (excluding diaryl/α,β-unsaturated/α-hetero) is 2. The Labute approximate surface area is 292 Å². The summed E-state index contributed by atoms with van der Waals surface area (Å²) in [7, 11) is 4.41. The summed E-state index contributed by atoms with van der Waals surface area (Å²) in [5.41, 5.74) is 0.359. The summed E-state index contributed by atoms with van der Waals surface area (Å²) in [6, 6.07) is 12.3. The number of H-pyrrole nitrogens is 1. The molecule has 0 saturated heterocycles. The zero-order valence-electron chi connectivity index (χ0n) is 27.8. The number of amides is 1. The van der Waals surface area contributed by atoms with Gasteiger partial charge in [0.2, 0.25) is 24.1 Å². The Morgan fingerprint density at radius 1 is 1.06 bits per heavy atom. The molecular formula is C37H35ClN2O10. The van der Waals surface area contributed by atoms with Crippen LogP contribution in [0.3, 0.4) is 0 Å². The van der Waals surface area contributed by atoms with Crippen molar-refractivity contribution in [1.82, 2.24) is 10.3 Å². The van der Waals surface area contributed by atoms with Crippen molar-refractivity contribution in [3.63, 3.8) is 0 Å². The van der Waals surface area contributed by atoms with E-state index in [4.69, 9.17) is 40.0 Å². The smallest absolute Gasteiger partial charge is 0.231 e. The minimum atomic E-state index is -2.00. The van der Waals surface area contributed by atoms with Crippen LogP contribution in [0, 0.1) is 5.92 Å². The Kier molecular flexibility index (Phi) is 8.51. The minimum absolute atomic E-state index is 0.0177. The molecule has 4 aromatic rings. The number of benzene rings is 3. The zero-order chi connectivity index (χ0) is 35.3. The van der Waals surface area contributed by atoms with Crippen LogP contribution in [0.2, 0.25) is 5.02 Å². The van der Waals surface area contributed by atoms with E-state index in [1.54, 1.807) is 32.2 Å². The van der Waals surface area contributed by atoms with Gasteiger partial charge >= 0.3 is 0 Å². The van der Waals surface area contributed by atoms with E-state index in [1.165, 1.54) is 20.3 Å². The van der Waals surface area contributed by atoms with Gasteiger partial charge in [-0.2, -0.15) is 0 Å². The fraction of sp³-hybridized carbons (Fsp3) is 0.324. The van der Waals surface area contributed by atoms with Gasteiger partial charge in [-0.1, -0.05) is 24.6 Å². The number of rotatable bonds is 10. The molecule has 3 aliphatic rings. The van der Waals surface area contributed by atoms with Crippen molar-refractivity contribution in [2.45, 2.75) is 37.7 Å². The van der Waals surface area contributed by atoms with Gasteiger partial charge < -0.3 is 43.8 Å². The highest BCUT2D eigenvalue weighted by Crippen LogP contribution is 2.56. The number of aromatic nitrogens is 1. The number of fused-ring (bicyclic) bond motifs is 3. The van der Waals surface area contributed by atoms with Crippen molar-refractivity contribution in [2.24, 2.45) is 5.92 Å². The quantitative estimate of drug-likeness (QED) is 0.184. The molecule has 1 aliphatic carbocycles. The molecular weight excluding hydrogens is 668 g/mol. The Balaban J connectivity index is 1.24. The van der Waals surface area contributed by atoms with Gasteiger partial charge in [0.1, 0.15) is 27.8 Å². The highest BCUT2D eigenvalue weighted by atomic mass is 35.5. The first kappa shape index (κ1) is 33.2. The number of hydrogen-bond donors (Lipinski definition) is 3. The van der Waals surface area contributed by atoms with Gasteiger partial charge in [-0.15, -0.1) is 0 Å². The monoisotopic (exact) mass is 702 g/mol. The summed E-state index contributed by atoms with van der Waals surface area (Å²) in [4.78, 5) is 45.2. The fourth-order valence-electron chi connectivity index (χ4n) is 7.14. The lowest BCUT2D eigenvalue weighted by molar-refractivity contribution is -0.121. The number of halogens is 1. The topological polar surface area (TPSA) is 155 Å². The van der Waals surface area contributed by atoms with Crippen LogP contribution in [0.5, 0.6) is 34.5 Å². The first-order chi connectivity index (χ1) is 24.1. The van der Waals surface area contributed by atoms with E-state index in [0.717, 1.165) is 22.2 Å². The van der Waals surface area contributed by atoms with Gasteiger partial charge in [-0.25, -0.2) is 0 Å². The second-order valence-electron chi connectivity index (χ2n) is 12.5. The molecule has 0 bridgehead atoms. The van der Waals surface area contributed by atoms with Crippen molar-refractivity contribution in [3.05, 3.63) is 81.7 Å². The summed E-state index contributed by atoms with van der Waals surface area (Å²) in [5, 5.41) is 16.1. The number of hydrogen-bond acceptors (Lipinski definition) is 10. The van der Waals surface area contributed by atoms with Crippen LogP contribution in [0.1, 0.15) is 47.2 Å². The highest BCUT2D eigenvalue weighted by molar-refractivity contribution is 6.35. The summed E-state index contributed by atoms with van der Waals surface area (Å²) in [6.45, 7) is 1.96. The van der Waals surface area contributed by atoms with E-state index >= 15 is 0 Å². The lowest BCUT2D eigenvalue weighted by atomic mass is 9.69. The summed E-state index contributed by atoms with van der Waals surface area (Å²) in [5.74, 6) is -1.79. The van der Waals surface area contributed by atoms with E-state index in [9.17, 15) is 19.5 Å². The molecule has 0 saturated carbocycles. The molecule has 13 heteroatoms. The highest BCUT2D eigenvalue weighted by Gasteiger charge is 2.61. The summed E-state index contributed by atoms with van der Waals surface area (Å²) in [6.07, 6.45) is 2.04. The fourth-order valence-corrected chi connectivity index (χ4v) is 7.41. The number of aromatic amines is 1. The molecule has 1 aromatic heterocycles. The van der Waals surface area contributed by atoms with Gasteiger partial charge in [0, 0.05) is 60.0 Å². The number of allylic oxidation sites excluding steroid dienone is 1. The van der Waals surface area contributed by atoms with E-state index in [1.807, 2.05) is 24.4 Å². The molecule has 3 atom stereocenters. The molecule has 0 fully saturated rings. The third kappa shape index (κ3) is 5.25. The molecule has 7 rings (SSSR count). The van der Waals surface area contributed by atoms with Crippen molar-refractivity contribution in [1.29, 1.82) is 0 Å². The van der Waals surface area contributed by atoms with Crippen LogP contribution in [0.25, 0.3) is 10.9 Å². The normalized spacial score (nSPS) is 19.8. The van der Waals surface area contributed by atoms with Gasteiger partial charge in [0.25, 0.3) is 0 Å². The molecule has 50 heavy (non-hydrogen) atoms. The molecule has 3 aromatic carbocycles. The molecule has 3 heterocycles.